The average Bonchev–Trinajstić information content (AvgIpc) is 3.37. The minimum atomic E-state index is 0.713. The van der Waals surface area contributed by atoms with E-state index in [9.17, 15) is 0 Å². The van der Waals surface area contributed by atoms with Gasteiger partial charge < -0.3 is 14.5 Å². The molecule has 2 saturated carbocycles. The van der Waals surface area contributed by atoms with Crippen LogP contribution in [0.5, 0.6) is 5.75 Å². The maximum Gasteiger partial charge on any atom is 0.176 e. The molecule has 0 atom stereocenters. The molecular weight excluding hydrogens is 250 g/mol. The largest absolute Gasteiger partial charge is 0.493 e. The predicted octanol–water partition coefficient (Wildman–Crippen LogP) is 3.72. The molecule has 1 heterocycles. The van der Waals surface area contributed by atoms with E-state index in [4.69, 9.17) is 9.15 Å². The number of benzene rings is 1. The molecule has 20 heavy (non-hydrogen) atoms. The molecule has 106 valence electrons. The Labute approximate surface area is 119 Å². The number of hydrogen-bond donors (Lipinski definition) is 1. The lowest BCUT2D eigenvalue weighted by Gasteiger charge is -2.16. The Balaban J connectivity index is 1.50. The van der Waals surface area contributed by atoms with E-state index >= 15 is 0 Å². The van der Waals surface area contributed by atoms with Crippen molar-refractivity contribution in [3.05, 3.63) is 30.0 Å². The first-order valence-corrected chi connectivity index (χ1v) is 7.64. The molecule has 2 aliphatic rings. The van der Waals surface area contributed by atoms with Crippen molar-refractivity contribution in [3.63, 3.8) is 0 Å². The van der Waals surface area contributed by atoms with Gasteiger partial charge in [-0.3, -0.25) is 0 Å². The Hall–Kier alpha value is -1.48. The van der Waals surface area contributed by atoms with E-state index in [-0.39, 0.29) is 0 Å². The van der Waals surface area contributed by atoms with Crippen LogP contribution < -0.4 is 10.1 Å². The highest BCUT2D eigenvalue weighted by molar-refractivity contribution is 5.83. The van der Waals surface area contributed by atoms with Gasteiger partial charge in [0.2, 0.25) is 0 Å². The molecule has 0 bridgehead atoms. The van der Waals surface area contributed by atoms with E-state index in [1.54, 1.807) is 7.11 Å². The Morgan fingerprint density at radius 2 is 2.00 bits per heavy atom. The number of rotatable bonds is 6. The van der Waals surface area contributed by atoms with Gasteiger partial charge in [-0.2, -0.15) is 0 Å². The van der Waals surface area contributed by atoms with Crippen LogP contribution in [0.4, 0.5) is 0 Å². The van der Waals surface area contributed by atoms with Crippen molar-refractivity contribution >= 4 is 11.0 Å². The minimum Gasteiger partial charge on any atom is -0.493 e. The van der Waals surface area contributed by atoms with Gasteiger partial charge in [-0.05, 0) is 49.7 Å². The van der Waals surface area contributed by atoms with Crippen LogP contribution >= 0.6 is 0 Å². The second-order valence-corrected chi connectivity index (χ2v) is 6.17. The lowest BCUT2D eigenvalue weighted by Crippen LogP contribution is -2.32. The molecule has 3 heteroatoms. The molecule has 2 aliphatic carbocycles. The van der Waals surface area contributed by atoms with Gasteiger partial charge in [0.05, 0.1) is 13.7 Å². The van der Waals surface area contributed by atoms with Crippen LogP contribution in [-0.4, -0.2) is 13.2 Å². The highest BCUT2D eigenvalue weighted by Crippen LogP contribution is 2.44. The fraction of sp³-hybridized carbons (Fsp3) is 0.529. The van der Waals surface area contributed by atoms with Gasteiger partial charge in [0, 0.05) is 11.4 Å². The Morgan fingerprint density at radius 3 is 2.65 bits per heavy atom. The summed E-state index contributed by atoms with van der Waals surface area (Å²) in [6.45, 7) is 0.829. The van der Waals surface area contributed by atoms with Crippen molar-refractivity contribution in [2.45, 2.75) is 38.3 Å². The zero-order valence-electron chi connectivity index (χ0n) is 11.9. The summed E-state index contributed by atoms with van der Waals surface area (Å²) in [5.41, 5.74) is 0.862. The highest BCUT2D eigenvalue weighted by atomic mass is 16.5. The lowest BCUT2D eigenvalue weighted by atomic mass is 10.1. The molecule has 0 spiro atoms. The second-order valence-electron chi connectivity index (χ2n) is 6.17. The average molecular weight is 271 g/mol. The van der Waals surface area contributed by atoms with Crippen LogP contribution in [0.1, 0.15) is 31.4 Å². The van der Waals surface area contributed by atoms with E-state index in [1.807, 2.05) is 12.1 Å². The zero-order valence-corrected chi connectivity index (χ0v) is 11.9. The van der Waals surface area contributed by atoms with Crippen molar-refractivity contribution in [2.24, 2.45) is 11.8 Å². The molecule has 1 aromatic carbocycles. The summed E-state index contributed by atoms with van der Waals surface area (Å²) >= 11 is 0. The van der Waals surface area contributed by atoms with Crippen molar-refractivity contribution in [1.29, 1.82) is 0 Å². The van der Waals surface area contributed by atoms with E-state index in [2.05, 4.69) is 17.4 Å². The number of furan rings is 1. The summed E-state index contributed by atoms with van der Waals surface area (Å²) in [6, 6.07) is 8.86. The first kappa shape index (κ1) is 12.3. The standard InChI is InChI=1S/C17H21NO2/c1-19-15-4-2-3-13-9-14(20-17(13)15)10-18-16(11-5-6-11)12-7-8-12/h2-4,9,11-12,16,18H,5-8,10H2,1H3. The molecule has 1 N–H and O–H groups in total. The second kappa shape index (κ2) is 4.81. The summed E-state index contributed by atoms with van der Waals surface area (Å²) in [5, 5.41) is 4.84. The van der Waals surface area contributed by atoms with Gasteiger partial charge in [-0.15, -0.1) is 0 Å². The quantitative estimate of drug-likeness (QED) is 0.869. The maximum absolute atomic E-state index is 5.95. The van der Waals surface area contributed by atoms with Gasteiger partial charge in [-0.25, -0.2) is 0 Å². The van der Waals surface area contributed by atoms with Crippen molar-refractivity contribution in [1.82, 2.24) is 5.32 Å². The van der Waals surface area contributed by atoms with E-state index in [1.165, 1.54) is 25.7 Å². The molecule has 2 fully saturated rings. The van der Waals surface area contributed by atoms with E-state index < -0.39 is 0 Å². The zero-order chi connectivity index (χ0) is 13.5. The maximum atomic E-state index is 5.95. The third kappa shape index (κ3) is 2.31. The first-order chi connectivity index (χ1) is 9.85. The number of fused-ring (bicyclic) bond motifs is 1. The molecular formula is C17H21NO2. The van der Waals surface area contributed by atoms with Crippen LogP contribution in [0.3, 0.4) is 0 Å². The first-order valence-electron chi connectivity index (χ1n) is 7.64. The molecule has 1 aromatic heterocycles. The molecule has 3 nitrogen and oxygen atoms in total. The molecule has 4 rings (SSSR count). The van der Waals surface area contributed by atoms with Gasteiger partial charge in [-0.1, -0.05) is 12.1 Å². The minimum absolute atomic E-state index is 0.713. The lowest BCUT2D eigenvalue weighted by molar-refractivity contribution is 0.384. The van der Waals surface area contributed by atoms with Crippen molar-refractivity contribution in [2.75, 3.05) is 7.11 Å². The Bertz CT molecular complexity index is 598. The molecule has 2 aromatic rings. The monoisotopic (exact) mass is 271 g/mol. The number of para-hydroxylation sites is 1. The fourth-order valence-corrected chi connectivity index (χ4v) is 3.18. The Kier molecular flexibility index (Phi) is 2.95. The molecule has 0 aliphatic heterocycles. The normalized spacial score (nSPS) is 18.9. The SMILES string of the molecule is COc1cccc2cc(CNC(C3CC3)C3CC3)oc12. The van der Waals surface area contributed by atoms with Crippen LogP contribution in [0, 0.1) is 11.8 Å². The van der Waals surface area contributed by atoms with E-state index in [0.717, 1.165) is 40.9 Å². The van der Waals surface area contributed by atoms with Crippen LogP contribution in [0.25, 0.3) is 11.0 Å². The summed E-state index contributed by atoms with van der Waals surface area (Å²) in [5.74, 6) is 3.66. The third-order valence-electron chi connectivity index (χ3n) is 4.55. The van der Waals surface area contributed by atoms with Crippen molar-refractivity contribution < 1.29 is 9.15 Å². The predicted molar refractivity (Wildman–Crippen MR) is 78.8 cm³/mol. The summed E-state index contributed by atoms with van der Waals surface area (Å²) in [4.78, 5) is 0. The van der Waals surface area contributed by atoms with Gasteiger partial charge in [0.25, 0.3) is 0 Å². The molecule has 0 saturated heterocycles. The number of ether oxygens (including phenoxy) is 1. The summed E-state index contributed by atoms with van der Waals surface area (Å²) in [6.07, 6.45) is 5.62. The topological polar surface area (TPSA) is 34.4 Å². The van der Waals surface area contributed by atoms with Gasteiger partial charge >= 0.3 is 0 Å². The van der Waals surface area contributed by atoms with Crippen LogP contribution in [0.2, 0.25) is 0 Å². The van der Waals surface area contributed by atoms with Gasteiger partial charge in [0.15, 0.2) is 11.3 Å². The van der Waals surface area contributed by atoms with E-state index in [0.29, 0.717) is 6.04 Å². The third-order valence-corrected chi connectivity index (χ3v) is 4.55. The number of hydrogen-bond acceptors (Lipinski definition) is 3. The summed E-state index contributed by atoms with van der Waals surface area (Å²) < 4.78 is 11.3. The number of nitrogens with one attached hydrogen (secondary N) is 1. The number of methoxy groups -OCH3 is 1. The smallest absolute Gasteiger partial charge is 0.176 e. The Morgan fingerprint density at radius 1 is 1.25 bits per heavy atom. The summed E-state index contributed by atoms with van der Waals surface area (Å²) in [7, 11) is 1.69. The fourth-order valence-electron chi connectivity index (χ4n) is 3.18. The molecule has 0 radical (unpaired) electrons. The van der Waals surface area contributed by atoms with Gasteiger partial charge in [0.1, 0.15) is 5.76 Å². The molecule has 0 amide bonds. The highest BCUT2D eigenvalue weighted by Gasteiger charge is 2.41. The van der Waals surface area contributed by atoms with Crippen molar-refractivity contribution in [3.8, 4) is 5.75 Å². The van der Waals surface area contributed by atoms with Crippen LogP contribution in [-0.2, 0) is 6.54 Å². The van der Waals surface area contributed by atoms with Crippen LogP contribution in [0.15, 0.2) is 28.7 Å². The molecule has 0 unspecified atom stereocenters.